The van der Waals surface area contributed by atoms with Crippen molar-refractivity contribution in [3.05, 3.63) is 11.4 Å². The van der Waals surface area contributed by atoms with Crippen LogP contribution >= 0.6 is 0 Å². The van der Waals surface area contributed by atoms with Gasteiger partial charge in [0.05, 0.1) is 5.69 Å². The van der Waals surface area contributed by atoms with Crippen LogP contribution in [0.25, 0.3) is 0 Å². The number of nitrogens with zero attached hydrogens (tertiary/aromatic N) is 2. The highest BCUT2D eigenvalue weighted by molar-refractivity contribution is 5.32. The van der Waals surface area contributed by atoms with Crippen molar-refractivity contribution in [2.45, 2.75) is 53.0 Å². The van der Waals surface area contributed by atoms with Crippen LogP contribution in [0.15, 0.2) is 0 Å². The SMILES string of the molecule is CCCc1nn(CCC)c(CC)c1O. The zero-order valence-electron chi connectivity index (χ0n) is 9.38. The van der Waals surface area contributed by atoms with E-state index in [0.717, 1.165) is 43.6 Å². The highest BCUT2D eigenvalue weighted by Gasteiger charge is 2.13. The molecular formula is C11H20N2O. The van der Waals surface area contributed by atoms with Gasteiger partial charge in [-0.3, -0.25) is 4.68 Å². The molecule has 0 fully saturated rings. The normalized spacial score (nSPS) is 10.8. The molecule has 0 aliphatic carbocycles. The molecule has 1 rings (SSSR count). The lowest BCUT2D eigenvalue weighted by Gasteiger charge is -2.02. The summed E-state index contributed by atoms with van der Waals surface area (Å²) in [6, 6.07) is 0. The lowest BCUT2D eigenvalue weighted by molar-refractivity contribution is 0.458. The van der Waals surface area contributed by atoms with Crippen molar-refractivity contribution in [3.63, 3.8) is 0 Å². The van der Waals surface area contributed by atoms with Gasteiger partial charge < -0.3 is 5.11 Å². The standard InChI is InChI=1S/C11H20N2O/c1-4-7-9-11(14)10(6-3)13(12-9)8-5-2/h14H,4-8H2,1-3H3. The predicted octanol–water partition coefficient (Wildman–Crippen LogP) is 2.51. The first kappa shape index (κ1) is 11.1. The predicted molar refractivity (Wildman–Crippen MR) is 57.6 cm³/mol. The number of aromatic nitrogens is 2. The second-order valence-electron chi connectivity index (χ2n) is 3.57. The van der Waals surface area contributed by atoms with Crippen LogP contribution in [-0.2, 0) is 19.4 Å². The van der Waals surface area contributed by atoms with Gasteiger partial charge in [-0.25, -0.2) is 0 Å². The summed E-state index contributed by atoms with van der Waals surface area (Å²) in [4.78, 5) is 0. The molecular weight excluding hydrogens is 176 g/mol. The molecule has 14 heavy (non-hydrogen) atoms. The Kier molecular flexibility index (Phi) is 3.98. The van der Waals surface area contributed by atoms with Crippen LogP contribution in [0, 0.1) is 0 Å². The van der Waals surface area contributed by atoms with E-state index in [1.54, 1.807) is 0 Å². The van der Waals surface area contributed by atoms with Gasteiger partial charge in [0.1, 0.15) is 5.69 Å². The summed E-state index contributed by atoms with van der Waals surface area (Å²) in [6.45, 7) is 7.18. The molecule has 1 N–H and O–H groups in total. The van der Waals surface area contributed by atoms with Crippen molar-refractivity contribution in [2.75, 3.05) is 0 Å². The quantitative estimate of drug-likeness (QED) is 0.785. The lowest BCUT2D eigenvalue weighted by atomic mass is 10.2. The Hall–Kier alpha value is -0.990. The minimum absolute atomic E-state index is 0.419. The maximum Gasteiger partial charge on any atom is 0.160 e. The fourth-order valence-corrected chi connectivity index (χ4v) is 1.69. The molecule has 0 bridgehead atoms. The average molecular weight is 196 g/mol. The molecule has 80 valence electrons. The number of aryl methyl sites for hydroxylation is 2. The first-order valence-electron chi connectivity index (χ1n) is 5.52. The third kappa shape index (κ3) is 2.08. The number of hydrogen-bond acceptors (Lipinski definition) is 2. The Morgan fingerprint density at radius 3 is 2.43 bits per heavy atom. The van der Waals surface area contributed by atoms with Gasteiger partial charge in [-0.1, -0.05) is 27.2 Å². The summed E-state index contributed by atoms with van der Waals surface area (Å²) in [7, 11) is 0. The summed E-state index contributed by atoms with van der Waals surface area (Å²) < 4.78 is 1.94. The van der Waals surface area contributed by atoms with Crippen LogP contribution in [-0.4, -0.2) is 14.9 Å². The van der Waals surface area contributed by atoms with Crippen molar-refractivity contribution in [3.8, 4) is 5.75 Å². The molecule has 0 aromatic carbocycles. The average Bonchev–Trinajstić information content (AvgIpc) is 2.45. The van der Waals surface area contributed by atoms with Gasteiger partial charge in [-0.05, 0) is 19.3 Å². The zero-order valence-corrected chi connectivity index (χ0v) is 9.38. The topological polar surface area (TPSA) is 38.0 Å². The Morgan fingerprint density at radius 2 is 1.93 bits per heavy atom. The molecule has 0 amide bonds. The van der Waals surface area contributed by atoms with Gasteiger partial charge in [-0.2, -0.15) is 5.10 Å². The van der Waals surface area contributed by atoms with Crippen molar-refractivity contribution in [1.82, 2.24) is 9.78 Å². The van der Waals surface area contributed by atoms with E-state index in [1.807, 2.05) is 4.68 Å². The zero-order chi connectivity index (χ0) is 10.6. The van der Waals surface area contributed by atoms with E-state index >= 15 is 0 Å². The molecule has 0 saturated heterocycles. The van der Waals surface area contributed by atoms with Gasteiger partial charge in [0.25, 0.3) is 0 Å². The Labute approximate surface area is 85.8 Å². The molecule has 0 aliphatic rings. The molecule has 0 unspecified atom stereocenters. The van der Waals surface area contributed by atoms with E-state index in [0.29, 0.717) is 5.75 Å². The monoisotopic (exact) mass is 196 g/mol. The van der Waals surface area contributed by atoms with Crippen molar-refractivity contribution in [1.29, 1.82) is 0 Å². The van der Waals surface area contributed by atoms with Crippen LogP contribution in [0.4, 0.5) is 0 Å². The van der Waals surface area contributed by atoms with Crippen LogP contribution in [0.1, 0.15) is 45.0 Å². The van der Waals surface area contributed by atoms with Crippen molar-refractivity contribution >= 4 is 0 Å². The summed E-state index contributed by atoms with van der Waals surface area (Å²) in [6.07, 6.45) is 3.80. The minimum atomic E-state index is 0.419. The fourth-order valence-electron chi connectivity index (χ4n) is 1.69. The molecule has 0 saturated carbocycles. The van der Waals surface area contributed by atoms with Crippen LogP contribution in [0.2, 0.25) is 0 Å². The third-order valence-electron chi connectivity index (χ3n) is 2.36. The van der Waals surface area contributed by atoms with Crippen molar-refractivity contribution in [2.24, 2.45) is 0 Å². The smallest absolute Gasteiger partial charge is 0.160 e. The number of rotatable bonds is 5. The molecule has 3 nitrogen and oxygen atoms in total. The first-order chi connectivity index (χ1) is 6.74. The van der Waals surface area contributed by atoms with Gasteiger partial charge in [0.15, 0.2) is 5.75 Å². The maximum atomic E-state index is 9.88. The van der Waals surface area contributed by atoms with E-state index < -0.39 is 0 Å². The van der Waals surface area contributed by atoms with Crippen LogP contribution in [0.5, 0.6) is 5.75 Å². The second kappa shape index (κ2) is 5.03. The number of aromatic hydroxyl groups is 1. The van der Waals surface area contributed by atoms with E-state index in [4.69, 9.17) is 0 Å². The van der Waals surface area contributed by atoms with E-state index in [9.17, 15) is 5.11 Å². The van der Waals surface area contributed by atoms with E-state index in [2.05, 4.69) is 25.9 Å². The van der Waals surface area contributed by atoms with Crippen molar-refractivity contribution < 1.29 is 5.11 Å². The molecule has 1 aromatic rings. The van der Waals surface area contributed by atoms with E-state index in [-0.39, 0.29) is 0 Å². The Morgan fingerprint density at radius 1 is 1.21 bits per heavy atom. The van der Waals surface area contributed by atoms with Crippen LogP contribution < -0.4 is 0 Å². The largest absolute Gasteiger partial charge is 0.504 e. The summed E-state index contributed by atoms with van der Waals surface area (Å²) in [5, 5.41) is 14.3. The minimum Gasteiger partial charge on any atom is -0.504 e. The second-order valence-corrected chi connectivity index (χ2v) is 3.57. The summed E-state index contributed by atoms with van der Waals surface area (Å²) in [5.41, 5.74) is 1.84. The molecule has 1 aromatic heterocycles. The summed E-state index contributed by atoms with van der Waals surface area (Å²) >= 11 is 0. The molecule has 0 aliphatic heterocycles. The van der Waals surface area contributed by atoms with Gasteiger partial charge in [0, 0.05) is 6.54 Å². The van der Waals surface area contributed by atoms with Crippen LogP contribution in [0.3, 0.4) is 0 Å². The van der Waals surface area contributed by atoms with Gasteiger partial charge in [-0.15, -0.1) is 0 Å². The third-order valence-corrected chi connectivity index (χ3v) is 2.36. The number of hydrogen-bond donors (Lipinski definition) is 1. The lowest BCUT2D eigenvalue weighted by Crippen LogP contribution is -2.03. The van der Waals surface area contributed by atoms with E-state index in [1.165, 1.54) is 0 Å². The van der Waals surface area contributed by atoms with Gasteiger partial charge >= 0.3 is 0 Å². The first-order valence-corrected chi connectivity index (χ1v) is 5.52. The molecule has 0 atom stereocenters. The highest BCUT2D eigenvalue weighted by atomic mass is 16.3. The Bertz CT molecular complexity index is 292. The molecule has 3 heteroatoms. The molecule has 0 radical (unpaired) electrons. The maximum absolute atomic E-state index is 9.88. The fraction of sp³-hybridized carbons (Fsp3) is 0.727. The molecule has 0 spiro atoms. The Balaban J connectivity index is 2.97. The molecule has 1 heterocycles. The highest BCUT2D eigenvalue weighted by Crippen LogP contribution is 2.23. The summed E-state index contributed by atoms with van der Waals surface area (Å²) in [5.74, 6) is 0.419. The van der Waals surface area contributed by atoms with Gasteiger partial charge in [0.2, 0.25) is 0 Å².